The molecule has 3 atom stereocenters. The molecule has 2 aromatic carbocycles. The van der Waals surface area contributed by atoms with Crippen LogP contribution in [0.2, 0.25) is 0 Å². The normalized spacial score (nSPS) is 23.0. The van der Waals surface area contributed by atoms with Crippen LogP contribution >= 0.6 is 11.8 Å². The van der Waals surface area contributed by atoms with Gasteiger partial charge in [-0.3, -0.25) is 14.6 Å². The molecule has 8 nitrogen and oxygen atoms in total. The summed E-state index contributed by atoms with van der Waals surface area (Å²) in [5.74, 6) is -0.0640. The highest BCUT2D eigenvalue weighted by Gasteiger charge is 2.62. The zero-order valence-electron chi connectivity index (χ0n) is 18.0. The van der Waals surface area contributed by atoms with Gasteiger partial charge in [0, 0.05) is 23.0 Å². The van der Waals surface area contributed by atoms with E-state index in [4.69, 9.17) is 0 Å². The molecule has 0 saturated carbocycles. The van der Waals surface area contributed by atoms with Gasteiger partial charge in [0.15, 0.2) is 0 Å². The number of hydrogen-bond acceptors (Lipinski definition) is 6. The molecule has 4 amide bonds. The van der Waals surface area contributed by atoms with Crippen molar-refractivity contribution in [3.05, 3.63) is 66.4 Å². The van der Waals surface area contributed by atoms with Crippen molar-refractivity contribution < 1.29 is 14.4 Å². The first-order valence-corrected chi connectivity index (χ1v) is 12.0. The first-order chi connectivity index (χ1) is 16.6. The number of benzene rings is 2. The largest absolute Gasteiger partial charge is 0.334 e. The molecule has 3 fully saturated rings. The van der Waals surface area contributed by atoms with E-state index in [1.54, 1.807) is 40.3 Å². The lowest BCUT2D eigenvalue weighted by molar-refractivity contribution is -0.133. The summed E-state index contributed by atoms with van der Waals surface area (Å²) in [6, 6.07) is 17.0. The Hall–Kier alpha value is -3.90. The zero-order chi connectivity index (χ0) is 23.4. The average molecular weight is 470 g/mol. The van der Waals surface area contributed by atoms with Crippen LogP contribution in [0.4, 0.5) is 10.5 Å². The number of aromatic nitrogens is 1. The number of likely N-dealkylation sites (tertiary alicyclic amines) is 1. The number of anilines is 1. The van der Waals surface area contributed by atoms with Gasteiger partial charge in [-0.2, -0.15) is 5.26 Å². The molecule has 0 N–H and O–H groups in total. The van der Waals surface area contributed by atoms with Crippen LogP contribution in [0.5, 0.6) is 0 Å². The zero-order valence-corrected chi connectivity index (χ0v) is 18.8. The molecule has 2 bridgehead atoms. The van der Waals surface area contributed by atoms with Crippen LogP contribution in [0.25, 0.3) is 10.9 Å². The second kappa shape index (κ2) is 7.85. The predicted molar refractivity (Wildman–Crippen MR) is 126 cm³/mol. The van der Waals surface area contributed by atoms with E-state index in [1.165, 1.54) is 16.7 Å². The number of fused-ring (bicyclic) bond motifs is 6. The summed E-state index contributed by atoms with van der Waals surface area (Å²) in [6.07, 6.45) is 2.20. The van der Waals surface area contributed by atoms with Crippen molar-refractivity contribution in [2.75, 3.05) is 17.2 Å². The predicted octanol–water partition coefficient (Wildman–Crippen LogP) is 3.02. The summed E-state index contributed by atoms with van der Waals surface area (Å²) < 4.78 is 0. The van der Waals surface area contributed by atoms with Crippen molar-refractivity contribution in [2.24, 2.45) is 0 Å². The van der Waals surface area contributed by atoms with Crippen LogP contribution in [0.1, 0.15) is 12.0 Å². The van der Waals surface area contributed by atoms with Crippen LogP contribution in [0.15, 0.2) is 65.7 Å². The van der Waals surface area contributed by atoms with Gasteiger partial charge in [-0.25, -0.2) is 9.69 Å². The Balaban J connectivity index is 1.27. The van der Waals surface area contributed by atoms with E-state index in [0.717, 1.165) is 4.90 Å². The molecule has 0 radical (unpaired) electrons. The Morgan fingerprint density at radius 2 is 1.94 bits per heavy atom. The Kier molecular flexibility index (Phi) is 4.78. The van der Waals surface area contributed by atoms with Gasteiger partial charge in [0.1, 0.15) is 12.1 Å². The van der Waals surface area contributed by atoms with Crippen molar-refractivity contribution in [1.82, 2.24) is 14.8 Å². The van der Waals surface area contributed by atoms with Crippen LogP contribution in [0.3, 0.4) is 0 Å². The number of urea groups is 1. The van der Waals surface area contributed by atoms with E-state index in [2.05, 4.69) is 11.1 Å². The second-order valence-corrected chi connectivity index (χ2v) is 9.61. The maximum Gasteiger partial charge on any atom is 0.332 e. The summed E-state index contributed by atoms with van der Waals surface area (Å²) in [6.45, 7) is 0.442. The minimum Gasteiger partial charge on any atom is -0.334 e. The number of thioether (sulfide) groups is 1. The van der Waals surface area contributed by atoms with Gasteiger partial charge in [0.2, 0.25) is 5.91 Å². The minimum atomic E-state index is -0.681. The van der Waals surface area contributed by atoms with Crippen LogP contribution in [-0.4, -0.2) is 63.1 Å². The first-order valence-electron chi connectivity index (χ1n) is 11.0. The third kappa shape index (κ3) is 2.99. The lowest BCUT2D eigenvalue weighted by Crippen LogP contribution is -2.55. The molecule has 3 aromatic rings. The number of carbonyl (C=O) groups is 3. The van der Waals surface area contributed by atoms with Crippen LogP contribution in [-0.2, 0) is 9.59 Å². The topological polar surface area (TPSA) is 97.6 Å². The van der Waals surface area contributed by atoms with E-state index < -0.39 is 6.04 Å². The Bertz CT molecular complexity index is 1390. The molecule has 1 unspecified atom stereocenters. The standard InChI is InChI=1S/C25H19N5O3S/c26-12-15-8-9-19(18-7-4-10-27-22(15)18)30-24(32)23-20-11-16(29(23)25(30)33)13-28(20)21(31)14-34-17-5-2-1-3-6-17/h1-10,16,20,23H,11,13-14H2/t16-,20?,23+/m1/s1. The maximum atomic E-state index is 13.6. The molecule has 168 valence electrons. The number of rotatable bonds is 4. The molecule has 6 rings (SSSR count). The molecule has 3 saturated heterocycles. The molecule has 0 spiro atoms. The van der Waals surface area contributed by atoms with Crippen molar-refractivity contribution in [1.29, 1.82) is 5.26 Å². The molecule has 9 heteroatoms. The van der Waals surface area contributed by atoms with E-state index in [9.17, 15) is 19.6 Å². The highest BCUT2D eigenvalue weighted by Crippen LogP contribution is 2.43. The molecular weight excluding hydrogens is 450 g/mol. The van der Waals surface area contributed by atoms with Gasteiger partial charge >= 0.3 is 6.03 Å². The maximum absolute atomic E-state index is 13.6. The van der Waals surface area contributed by atoms with Crippen molar-refractivity contribution >= 4 is 46.2 Å². The quantitative estimate of drug-likeness (QED) is 0.430. The minimum absolute atomic E-state index is 0.0206. The van der Waals surface area contributed by atoms with Gasteiger partial charge < -0.3 is 9.80 Å². The summed E-state index contributed by atoms with van der Waals surface area (Å²) in [4.78, 5) is 49.9. The Morgan fingerprint density at radius 3 is 2.74 bits per heavy atom. The Morgan fingerprint density at radius 1 is 1.12 bits per heavy atom. The first kappa shape index (κ1) is 20.7. The molecule has 1 aromatic heterocycles. The number of nitriles is 1. The average Bonchev–Trinajstić information content (AvgIpc) is 3.54. The van der Waals surface area contributed by atoms with E-state index in [-0.39, 0.29) is 35.7 Å². The lowest BCUT2D eigenvalue weighted by Gasteiger charge is -2.34. The molecule has 0 aliphatic carbocycles. The van der Waals surface area contributed by atoms with Gasteiger partial charge in [-0.1, -0.05) is 18.2 Å². The summed E-state index contributed by atoms with van der Waals surface area (Å²) in [5.41, 5.74) is 1.25. The van der Waals surface area contributed by atoms with Crippen molar-refractivity contribution in [2.45, 2.75) is 29.4 Å². The molecule has 3 aliphatic rings. The number of amides is 4. The summed E-state index contributed by atoms with van der Waals surface area (Å²) in [7, 11) is 0. The molecule has 3 aliphatic heterocycles. The van der Waals surface area contributed by atoms with Gasteiger partial charge in [-0.15, -0.1) is 11.8 Å². The monoisotopic (exact) mass is 469 g/mol. The Labute approximate surface area is 199 Å². The number of hydrogen-bond donors (Lipinski definition) is 0. The fraction of sp³-hybridized carbons (Fsp3) is 0.240. The summed E-state index contributed by atoms with van der Waals surface area (Å²) >= 11 is 1.47. The van der Waals surface area contributed by atoms with Gasteiger partial charge in [0.25, 0.3) is 5.91 Å². The van der Waals surface area contributed by atoms with E-state index >= 15 is 0 Å². The van der Waals surface area contributed by atoms with Crippen molar-refractivity contribution in [3.63, 3.8) is 0 Å². The number of carbonyl (C=O) groups excluding carboxylic acids is 3. The number of piperazine rings is 1. The fourth-order valence-corrected chi connectivity index (χ4v) is 6.16. The highest BCUT2D eigenvalue weighted by atomic mass is 32.2. The summed E-state index contributed by atoms with van der Waals surface area (Å²) in [5, 5.41) is 9.99. The molecular formula is C25H19N5O3S. The van der Waals surface area contributed by atoms with Crippen LogP contribution < -0.4 is 4.90 Å². The SMILES string of the molecule is N#Cc1ccc(N2C(=O)[C@@H]3C4C[C@H](CN4C(=O)CSc4ccccc4)N3C2=O)c2cccnc12. The number of nitrogens with zero attached hydrogens (tertiary/aromatic N) is 5. The van der Waals surface area contributed by atoms with Gasteiger partial charge in [-0.05, 0) is 42.8 Å². The van der Waals surface area contributed by atoms with Crippen molar-refractivity contribution in [3.8, 4) is 6.07 Å². The number of pyridine rings is 1. The highest BCUT2D eigenvalue weighted by molar-refractivity contribution is 8.00. The van der Waals surface area contributed by atoms with Crippen LogP contribution in [0, 0.1) is 11.3 Å². The second-order valence-electron chi connectivity index (χ2n) is 8.56. The third-order valence-electron chi connectivity index (χ3n) is 6.80. The van der Waals surface area contributed by atoms with Gasteiger partial charge in [0.05, 0.1) is 34.6 Å². The fourth-order valence-electron chi connectivity index (χ4n) is 5.35. The molecule has 4 heterocycles. The third-order valence-corrected chi connectivity index (χ3v) is 7.80. The number of imide groups is 1. The smallest absolute Gasteiger partial charge is 0.332 e. The lowest BCUT2D eigenvalue weighted by atomic mass is 10.1. The van der Waals surface area contributed by atoms with E-state index in [0.29, 0.717) is 35.1 Å². The van der Waals surface area contributed by atoms with E-state index in [1.807, 2.05) is 30.3 Å². The molecule has 34 heavy (non-hydrogen) atoms.